The SMILES string of the molecule is CCNC(=NCC(C)(C)NS(C)(=O)=O)NC1CCN(c2ccccc2)C1. The molecule has 2 rings (SSSR count). The molecule has 26 heavy (non-hydrogen) atoms. The van der Waals surface area contributed by atoms with Crippen LogP contribution in [0.2, 0.25) is 0 Å². The molecule has 1 aromatic rings. The first-order valence-corrected chi connectivity index (χ1v) is 10.9. The highest BCUT2D eigenvalue weighted by Crippen LogP contribution is 2.19. The summed E-state index contributed by atoms with van der Waals surface area (Å²) in [4.78, 5) is 6.94. The average molecular weight is 382 g/mol. The zero-order chi connectivity index (χ0) is 19.2. The van der Waals surface area contributed by atoms with E-state index in [0.717, 1.165) is 32.0 Å². The van der Waals surface area contributed by atoms with Crippen molar-refractivity contribution in [2.45, 2.75) is 38.8 Å². The average Bonchev–Trinajstić information content (AvgIpc) is 3.00. The Bertz CT molecular complexity index is 704. The van der Waals surface area contributed by atoms with E-state index in [1.54, 1.807) is 0 Å². The lowest BCUT2D eigenvalue weighted by Crippen LogP contribution is -2.48. The van der Waals surface area contributed by atoms with E-state index in [-0.39, 0.29) is 0 Å². The number of benzene rings is 1. The molecule has 1 aliphatic heterocycles. The smallest absolute Gasteiger partial charge is 0.209 e. The Morgan fingerprint density at radius 3 is 2.62 bits per heavy atom. The number of nitrogens with one attached hydrogen (secondary N) is 3. The van der Waals surface area contributed by atoms with Crippen molar-refractivity contribution < 1.29 is 8.42 Å². The molecule has 0 amide bonds. The Hall–Kier alpha value is -1.80. The molecule has 8 heteroatoms. The van der Waals surface area contributed by atoms with Crippen LogP contribution in [-0.2, 0) is 10.0 Å². The summed E-state index contributed by atoms with van der Waals surface area (Å²) < 4.78 is 25.6. The third-order valence-corrected chi connectivity index (χ3v) is 5.01. The van der Waals surface area contributed by atoms with Crippen molar-refractivity contribution in [2.24, 2.45) is 4.99 Å². The van der Waals surface area contributed by atoms with Gasteiger partial charge in [-0.3, -0.25) is 4.99 Å². The molecule has 1 aromatic carbocycles. The normalized spacial score (nSPS) is 18.8. The number of hydrogen-bond acceptors (Lipinski definition) is 4. The maximum atomic E-state index is 11.5. The lowest BCUT2D eigenvalue weighted by Gasteiger charge is -2.24. The number of para-hydroxylation sites is 1. The third kappa shape index (κ3) is 6.84. The highest BCUT2D eigenvalue weighted by Gasteiger charge is 2.25. The summed E-state index contributed by atoms with van der Waals surface area (Å²) in [6.45, 7) is 8.69. The van der Waals surface area contributed by atoms with Crippen LogP contribution in [-0.4, -0.2) is 58.4 Å². The minimum atomic E-state index is -3.27. The Balaban J connectivity index is 1.95. The minimum absolute atomic E-state index is 0.305. The zero-order valence-electron chi connectivity index (χ0n) is 16.1. The molecular weight excluding hydrogens is 350 g/mol. The van der Waals surface area contributed by atoms with Crippen molar-refractivity contribution in [3.63, 3.8) is 0 Å². The highest BCUT2D eigenvalue weighted by atomic mass is 32.2. The molecule has 7 nitrogen and oxygen atoms in total. The lowest BCUT2D eigenvalue weighted by molar-refractivity contribution is 0.464. The van der Waals surface area contributed by atoms with Crippen molar-refractivity contribution in [3.8, 4) is 0 Å². The van der Waals surface area contributed by atoms with Crippen LogP contribution in [0.4, 0.5) is 5.69 Å². The van der Waals surface area contributed by atoms with Crippen molar-refractivity contribution in [2.75, 3.05) is 37.3 Å². The molecule has 146 valence electrons. The van der Waals surface area contributed by atoms with Crippen molar-refractivity contribution in [1.82, 2.24) is 15.4 Å². The molecule has 0 aromatic heterocycles. The van der Waals surface area contributed by atoms with E-state index in [4.69, 9.17) is 0 Å². The van der Waals surface area contributed by atoms with Gasteiger partial charge in [0.25, 0.3) is 0 Å². The molecule has 1 fully saturated rings. The number of guanidine groups is 1. The fourth-order valence-electron chi connectivity index (χ4n) is 3.08. The van der Waals surface area contributed by atoms with Gasteiger partial charge in [-0.2, -0.15) is 0 Å². The topological polar surface area (TPSA) is 85.8 Å². The molecule has 3 N–H and O–H groups in total. The molecule has 1 atom stereocenters. The van der Waals surface area contributed by atoms with Crippen LogP contribution in [0.25, 0.3) is 0 Å². The van der Waals surface area contributed by atoms with Gasteiger partial charge in [0.05, 0.1) is 12.8 Å². The predicted molar refractivity (Wildman–Crippen MR) is 108 cm³/mol. The first kappa shape index (κ1) is 20.5. The molecule has 0 saturated carbocycles. The molecule has 1 heterocycles. The Labute approximate surface area is 157 Å². The zero-order valence-corrected chi connectivity index (χ0v) is 16.9. The van der Waals surface area contributed by atoms with Gasteiger partial charge in [0, 0.05) is 36.9 Å². The van der Waals surface area contributed by atoms with Crippen LogP contribution in [0.15, 0.2) is 35.3 Å². The number of rotatable bonds is 7. The summed E-state index contributed by atoms with van der Waals surface area (Å²) in [6.07, 6.45) is 2.20. The molecule has 0 aliphatic carbocycles. The fourth-order valence-corrected chi connectivity index (χ4v) is 4.14. The minimum Gasteiger partial charge on any atom is -0.369 e. The van der Waals surface area contributed by atoms with Crippen LogP contribution in [0.1, 0.15) is 27.2 Å². The fraction of sp³-hybridized carbons (Fsp3) is 0.611. The van der Waals surface area contributed by atoms with Gasteiger partial charge in [0.15, 0.2) is 5.96 Å². The van der Waals surface area contributed by atoms with E-state index in [9.17, 15) is 8.42 Å². The first-order valence-electron chi connectivity index (χ1n) is 9.02. The summed E-state index contributed by atoms with van der Waals surface area (Å²) in [5, 5.41) is 6.71. The number of aliphatic imine (C=N–C) groups is 1. The predicted octanol–water partition coefficient (Wildman–Crippen LogP) is 1.15. The maximum Gasteiger partial charge on any atom is 0.209 e. The number of anilines is 1. The molecule has 0 bridgehead atoms. The number of hydrogen-bond donors (Lipinski definition) is 3. The summed E-state index contributed by atoms with van der Waals surface area (Å²) in [5.74, 6) is 0.718. The molecule has 1 saturated heterocycles. The van der Waals surface area contributed by atoms with Crippen LogP contribution in [0.5, 0.6) is 0 Å². The van der Waals surface area contributed by atoms with Crippen LogP contribution >= 0.6 is 0 Å². The van der Waals surface area contributed by atoms with Gasteiger partial charge in [0.1, 0.15) is 0 Å². The second kappa shape index (κ2) is 8.73. The van der Waals surface area contributed by atoms with Crippen molar-refractivity contribution in [1.29, 1.82) is 0 Å². The molecule has 1 aliphatic rings. The van der Waals surface area contributed by atoms with E-state index in [1.807, 2.05) is 26.8 Å². The van der Waals surface area contributed by atoms with Gasteiger partial charge in [-0.1, -0.05) is 18.2 Å². The Kier molecular flexibility index (Phi) is 6.88. The van der Waals surface area contributed by atoms with Crippen LogP contribution < -0.4 is 20.3 Å². The highest BCUT2D eigenvalue weighted by molar-refractivity contribution is 7.88. The maximum absolute atomic E-state index is 11.5. The largest absolute Gasteiger partial charge is 0.369 e. The summed E-state index contributed by atoms with van der Waals surface area (Å²) in [6, 6.07) is 10.7. The monoisotopic (exact) mass is 381 g/mol. The van der Waals surface area contributed by atoms with E-state index in [1.165, 1.54) is 11.9 Å². The Morgan fingerprint density at radius 2 is 2.00 bits per heavy atom. The molecular formula is C18H31N5O2S. The summed E-state index contributed by atoms with van der Waals surface area (Å²) in [5.41, 5.74) is 0.596. The van der Waals surface area contributed by atoms with Gasteiger partial charge >= 0.3 is 0 Å². The summed E-state index contributed by atoms with van der Waals surface area (Å²) in [7, 11) is -3.27. The summed E-state index contributed by atoms with van der Waals surface area (Å²) >= 11 is 0. The molecule has 1 unspecified atom stereocenters. The molecule has 0 radical (unpaired) electrons. The van der Waals surface area contributed by atoms with Gasteiger partial charge in [0.2, 0.25) is 10.0 Å². The van der Waals surface area contributed by atoms with Gasteiger partial charge < -0.3 is 15.5 Å². The van der Waals surface area contributed by atoms with Crippen LogP contribution in [0.3, 0.4) is 0 Å². The van der Waals surface area contributed by atoms with Gasteiger partial charge in [-0.15, -0.1) is 0 Å². The van der Waals surface area contributed by atoms with Crippen LogP contribution in [0, 0.1) is 0 Å². The molecule has 0 spiro atoms. The number of nitrogens with zero attached hydrogens (tertiary/aromatic N) is 2. The van der Waals surface area contributed by atoms with Gasteiger partial charge in [-0.05, 0) is 39.3 Å². The quantitative estimate of drug-likeness (QED) is 0.487. The third-order valence-electron chi connectivity index (χ3n) is 4.09. The Morgan fingerprint density at radius 1 is 1.31 bits per heavy atom. The van der Waals surface area contributed by atoms with E-state index < -0.39 is 15.6 Å². The van der Waals surface area contributed by atoms with Gasteiger partial charge in [-0.25, -0.2) is 13.1 Å². The number of sulfonamides is 1. The van der Waals surface area contributed by atoms with E-state index in [2.05, 4.69) is 49.5 Å². The van der Waals surface area contributed by atoms with E-state index >= 15 is 0 Å². The standard InChI is InChI=1S/C18H31N5O2S/c1-5-19-17(20-14-18(2,3)22-26(4,24)25)21-15-11-12-23(13-15)16-9-7-6-8-10-16/h6-10,15,22H,5,11-14H2,1-4H3,(H2,19,20,21). The van der Waals surface area contributed by atoms with Crippen molar-refractivity contribution >= 4 is 21.7 Å². The second-order valence-corrected chi connectivity index (χ2v) is 9.11. The lowest BCUT2D eigenvalue weighted by atomic mass is 10.1. The second-order valence-electron chi connectivity index (χ2n) is 7.36. The van der Waals surface area contributed by atoms with Crippen molar-refractivity contribution in [3.05, 3.63) is 30.3 Å². The van der Waals surface area contributed by atoms with E-state index in [0.29, 0.717) is 12.6 Å². The first-order chi connectivity index (χ1) is 12.2.